The second kappa shape index (κ2) is 5.54. The van der Waals surface area contributed by atoms with E-state index >= 15 is 0 Å². The van der Waals surface area contributed by atoms with Crippen LogP contribution < -0.4 is 4.72 Å². The fourth-order valence-corrected chi connectivity index (χ4v) is 4.23. The van der Waals surface area contributed by atoms with E-state index in [4.69, 9.17) is 0 Å². The van der Waals surface area contributed by atoms with Crippen molar-refractivity contribution in [3.05, 3.63) is 28.7 Å². The van der Waals surface area contributed by atoms with E-state index in [0.717, 1.165) is 23.7 Å². The van der Waals surface area contributed by atoms with Crippen molar-refractivity contribution in [3.8, 4) is 0 Å². The zero-order chi connectivity index (χ0) is 14.1. The number of halogens is 1. The molecule has 0 heterocycles. The van der Waals surface area contributed by atoms with Crippen molar-refractivity contribution < 1.29 is 8.42 Å². The number of sulfonamides is 1. The lowest BCUT2D eigenvalue weighted by molar-refractivity contribution is 0.212. The quantitative estimate of drug-likeness (QED) is 0.907. The normalized spacial score (nSPS) is 23.2. The molecule has 0 aliphatic heterocycles. The number of hydrogen-bond donors (Lipinski definition) is 1. The topological polar surface area (TPSA) is 46.2 Å². The van der Waals surface area contributed by atoms with Gasteiger partial charge in [-0.2, -0.15) is 0 Å². The number of rotatable bonds is 3. The van der Waals surface area contributed by atoms with Gasteiger partial charge in [0.15, 0.2) is 0 Å². The zero-order valence-corrected chi connectivity index (χ0v) is 13.7. The fraction of sp³-hybridized carbons (Fsp3) is 0.571. The van der Waals surface area contributed by atoms with Gasteiger partial charge >= 0.3 is 0 Å². The maximum atomic E-state index is 12.3. The Morgan fingerprint density at radius 1 is 1.26 bits per heavy atom. The van der Waals surface area contributed by atoms with E-state index in [2.05, 4.69) is 34.5 Å². The van der Waals surface area contributed by atoms with Crippen molar-refractivity contribution in [3.63, 3.8) is 0 Å². The van der Waals surface area contributed by atoms with Gasteiger partial charge in [0.1, 0.15) is 0 Å². The van der Waals surface area contributed by atoms with Gasteiger partial charge < -0.3 is 0 Å². The molecule has 19 heavy (non-hydrogen) atoms. The highest BCUT2D eigenvalue weighted by Crippen LogP contribution is 2.35. The van der Waals surface area contributed by atoms with Crippen LogP contribution in [0.4, 0.5) is 0 Å². The Balaban J connectivity index is 2.11. The first-order valence-electron chi connectivity index (χ1n) is 6.56. The van der Waals surface area contributed by atoms with Gasteiger partial charge in [0.25, 0.3) is 0 Å². The van der Waals surface area contributed by atoms with Crippen molar-refractivity contribution >= 4 is 26.0 Å². The van der Waals surface area contributed by atoms with E-state index in [1.807, 2.05) is 0 Å². The average molecular weight is 346 g/mol. The molecule has 0 saturated heterocycles. The summed E-state index contributed by atoms with van der Waals surface area (Å²) in [5.74, 6) is 0. The molecule has 0 aromatic heterocycles. The van der Waals surface area contributed by atoms with Gasteiger partial charge in [-0.15, -0.1) is 0 Å². The van der Waals surface area contributed by atoms with Crippen LogP contribution in [0.15, 0.2) is 33.6 Å². The Kier molecular flexibility index (Phi) is 4.38. The third-order valence-corrected chi connectivity index (χ3v) is 5.72. The van der Waals surface area contributed by atoms with Crippen LogP contribution in [-0.4, -0.2) is 14.5 Å². The van der Waals surface area contributed by atoms with Crippen molar-refractivity contribution in [1.82, 2.24) is 4.72 Å². The second-order valence-corrected chi connectivity index (χ2v) is 8.66. The summed E-state index contributed by atoms with van der Waals surface area (Å²) < 4.78 is 28.3. The summed E-state index contributed by atoms with van der Waals surface area (Å²) in [6, 6.07) is 6.80. The number of benzene rings is 1. The lowest BCUT2D eigenvalue weighted by Gasteiger charge is -2.35. The van der Waals surface area contributed by atoms with Crippen LogP contribution in [0.1, 0.15) is 39.5 Å². The molecule has 1 aromatic rings. The largest absolute Gasteiger partial charge is 0.240 e. The average Bonchev–Trinajstić information content (AvgIpc) is 2.27. The summed E-state index contributed by atoms with van der Waals surface area (Å²) in [6.07, 6.45) is 4.09. The third kappa shape index (κ3) is 4.04. The summed E-state index contributed by atoms with van der Waals surface area (Å²) in [5.41, 5.74) is 0.227. The minimum Gasteiger partial charge on any atom is -0.208 e. The second-order valence-electron chi connectivity index (χ2n) is 6.03. The molecule has 0 amide bonds. The van der Waals surface area contributed by atoms with E-state index in [1.165, 1.54) is 6.42 Å². The molecule has 106 valence electrons. The molecule has 1 aliphatic rings. The molecule has 1 saturated carbocycles. The lowest BCUT2D eigenvalue weighted by Crippen LogP contribution is -2.40. The molecule has 1 fully saturated rings. The van der Waals surface area contributed by atoms with E-state index < -0.39 is 10.0 Å². The van der Waals surface area contributed by atoms with Crippen LogP contribution >= 0.6 is 15.9 Å². The van der Waals surface area contributed by atoms with E-state index in [0.29, 0.717) is 4.90 Å². The maximum absolute atomic E-state index is 12.3. The molecular formula is C14H20BrNO2S. The highest BCUT2D eigenvalue weighted by Gasteiger charge is 2.30. The molecule has 1 aliphatic carbocycles. The Labute approximate surface area is 124 Å². The smallest absolute Gasteiger partial charge is 0.208 e. The molecule has 2 rings (SSSR count). The fourth-order valence-electron chi connectivity index (χ4n) is 2.70. The SMILES string of the molecule is CC1(C)CCCC(NS(=O)(=O)c2ccc(Br)cc2)C1. The van der Waals surface area contributed by atoms with E-state index in [9.17, 15) is 8.42 Å². The van der Waals surface area contributed by atoms with Gasteiger partial charge in [-0.3, -0.25) is 0 Å². The minimum absolute atomic E-state index is 0.0531. The number of nitrogens with one attached hydrogen (secondary N) is 1. The van der Waals surface area contributed by atoms with Crippen molar-refractivity contribution in [2.75, 3.05) is 0 Å². The molecule has 3 nitrogen and oxygen atoms in total. The third-order valence-electron chi connectivity index (χ3n) is 3.65. The standard InChI is InChI=1S/C14H20BrNO2S/c1-14(2)9-3-4-12(10-14)16-19(17,18)13-7-5-11(15)6-8-13/h5-8,12,16H,3-4,9-10H2,1-2H3. The van der Waals surface area contributed by atoms with Crippen LogP contribution in [0.25, 0.3) is 0 Å². The van der Waals surface area contributed by atoms with Crippen molar-refractivity contribution in [2.24, 2.45) is 5.41 Å². The van der Waals surface area contributed by atoms with Gasteiger partial charge in [0.2, 0.25) is 10.0 Å². The highest BCUT2D eigenvalue weighted by molar-refractivity contribution is 9.10. The molecule has 1 N–H and O–H groups in total. The van der Waals surface area contributed by atoms with Crippen LogP contribution in [0.3, 0.4) is 0 Å². The lowest BCUT2D eigenvalue weighted by atomic mass is 9.75. The Morgan fingerprint density at radius 3 is 2.47 bits per heavy atom. The Bertz CT molecular complexity index is 537. The van der Waals surface area contributed by atoms with Crippen LogP contribution in [0.5, 0.6) is 0 Å². The molecular weight excluding hydrogens is 326 g/mol. The molecule has 1 atom stereocenters. The summed E-state index contributed by atoms with van der Waals surface area (Å²) >= 11 is 3.31. The van der Waals surface area contributed by atoms with Gasteiger partial charge in [0.05, 0.1) is 4.90 Å². The summed E-state index contributed by atoms with van der Waals surface area (Å²) in [7, 11) is -3.40. The molecule has 1 aromatic carbocycles. The van der Waals surface area contributed by atoms with Crippen LogP contribution in [-0.2, 0) is 10.0 Å². The first-order valence-corrected chi connectivity index (χ1v) is 8.84. The van der Waals surface area contributed by atoms with Gasteiger partial charge in [-0.25, -0.2) is 13.1 Å². The summed E-state index contributed by atoms with van der Waals surface area (Å²) in [4.78, 5) is 0.332. The molecule has 0 spiro atoms. The summed E-state index contributed by atoms with van der Waals surface area (Å²) in [6.45, 7) is 4.40. The van der Waals surface area contributed by atoms with E-state index in [1.54, 1.807) is 24.3 Å². The molecule has 1 unspecified atom stereocenters. The molecule has 5 heteroatoms. The molecule has 0 radical (unpaired) electrons. The first-order chi connectivity index (χ1) is 8.78. The van der Waals surface area contributed by atoms with Gasteiger partial charge in [0, 0.05) is 10.5 Å². The highest BCUT2D eigenvalue weighted by atomic mass is 79.9. The predicted octanol–water partition coefficient (Wildman–Crippen LogP) is 3.70. The Hall–Kier alpha value is -0.390. The monoisotopic (exact) mass is 345 g/mol. The predicted molar refractivity (Wildman–Crippen MR) is 80.5 cm³/mol. The summed E-state index contributed by atoms with van der Waals surface area (Å²) in [5, 5.41) is 0. The first kappa shape index (κ1) is 15.0. The van der Waals surface area contributed by atoms with Gasteiger partial charge in [-0.05, 0) is 48.9 Å². The Morgan fingerprint density at radius 2 is 1.89 bits per heavy atom. The van der Waals surface area contributed by atoms with E-state index in [-0.39, 0.29) is 11.5 Å². The zero-order valence-electron chi connectivity index (χ0n) is 11.3. The van der Waals surface area contributed by atoms with Crippen molar-refractivity contribution in [1.29, 1.82) is 0 Å². The molecule has 0 bridgehead atoms. The van der Waals surface area contributed by atoms with Crippen LogP contribution in [0, 0.1) is 5.41 Å². The minimum atomic E-state index is -3.40. The van der Waals surface area contributed by atoms with Gasteiger partial charge in [-0.1, -0.05) is 36.2 Å². The van der Waals surface area contributed by atoms with Crippen LogP contribution in [0.2, 0.25) is 0 Å². The van der Waals surface area contributed by atoms with Crippen molar-refractivity contribution in [2.45, 2.75) is 50.5 Å². The maximum Gasteiger partial charge on any atom is 0.240 e. The number of hydrogen-bond acceptors (Lipinski definition) is 2.